The highest BCUT2D eigenvalue weighted by Crippen LogP contribution is 2.25. The first-order valence-corrected chi connectivity index (χ1v) is 7.28. The van der Waals surface area contributed by atoms with Crippen molar-refractivity contribution in [3.63, 3.8) is 0 Å². The molecule has 17 heavy (non-hydrogen) atoms. The Morgan fingerprint density at radius 3 is 2.53 bits per heavy atom. The van der Waals surface area contributed by atoms with Crippen LogP contribution in [0.2, 0.25) is 0 Å². The minimum atomic E-state index is -3.50. The molecule has 1 rings (SSSR count). The molecule has 1 fully saturated rings. The van der Waals surface area contributed by atoms with Crippen LogP contribution in [0.15, 0.2) is 0 Å². The SMILES string of the molecule is CC(C)CNS(=O)(=O)NC1CCC(C(=O)O)C1. The van der Waals surface area contributed by atoms with Gasteiger partial charge in [-0.25, -0.2) is 4.72 Å². The Bertz CT molecular complexity index is 367. The van der Waals surface area contributed by atoms with Gasteiger partial charge in [0, 0.05) is 12.6 Å². The highest BCUT2D eigenvalue weighted by molar-refractivity contribution is 7.87. The van der Waals surface area contributed by atoms with Crippen molar-refractivity contribution in [3.8, 4) is 0 Å². The van der Waals surface area contributed by atoms with Crippen LogP contribution in [-0.4, -0.2) is 32.1 Å². The summed E-state index contributed by atoms with van der Waals surface area (Å²) in [7, 11) is -3.50. The molecule has 100 valence electrons. The Morgan fingerprint density at radius 2 is 2.06 bits per heavy atom. The van der Waals surface area contributed by atoms with Gasteiger partial charge in [-0.3, -0.25) is 4.79 Å². The largest absolute Gasteiger partial charge is 0.481 e. The fraction of sp³-hybridized carbons (Fsp3) is 0.900. The molecular weight excluding hydrogens is 244 g/mol. The van der Waals surface area contributed by atoms with Crippen molar-refractivity contribution >= 4 is 16.2 Å². The quantitative estimate of drug-likeness (QED) is 0.644. The van der Waals surface area contributed by atoms with Gasteiger partial charge in [-0.1, -0.05) is 13.8 Å². The second kappa shape index (κ2) is 5.79. The Morgan fingerprint density at radius 1 is 1.41 bits per heavy atom. The third-order valence-electron chi connectivity index (χ3n) is 2.79. The van der Waals surface area contributed by atoms with Crippen molar-refractivity contribution in [3.05, 3.63) is 0 Å². The van der Waals surface area contributed by atoms with Crippen LogP contribution in [0.3, 0.4) is 0 Å². The number of hydrogen-bond acceptors (Lipinski definition) is 3. The number of rotatable bonds is 6. The summed E-state index contributed by atoms with van der Waals surface area (Å²) in [5.74, 6) is -1.03. The molecule has 6 nitrogen and oxygen atoms in total. The molecule has 0 aliphatic heterocycles. The van der Waals surface area contributed by atoms with E-state index in [9.17, 15) is 13.2 Å². The maximum absolute atomic E-state index is 11.6. The zero-order chi connectivity index (χ0) is 13.1. The van der Waals surface area contributed by atoms with Crippen molar-refractivity contribution in [2.24, 2.45) is 11.8 Å². The fourth-order valence-electron chi connectivity index (χ4n) is 1.85. The summed E-state index contributed by atoms with van der Waals surface area (Å²) >= 11 is 0. The van der Waals surface area contributed by atoms with Crippen LogP contribution in [-0.2, 0) is 15.0 Å². The molecule has 0 heterocycles. The van der Waals surface area contributed by atoms with Gasteiger partial charge in [-0.05, 0) is 25.2 Å². The van der Waals surface area contributed by atoms with E-state index < -0.39 is 22.1 Å². The lowest BCUT2D eigenvalue weighted by Gasteiger charge is -2.14. The van der Waals surface area contributed by atoms with Crippen LogP contribution < -0.4 is 9.44 Å². The normalized spacial score (nSPS) is 25.4. The van der Waals surface area contributed by atoms with Crippen molar-refractivity contribution in [1.29, 1.82) is 0 Å². The predicted molar refractivity (Wildman–Crippen MR) is 63.7 cm³/mol. The molecule has 2 atom stereocenters. The zero-order valence-electron chi connectivity index (χ0n) is 10.1. The summed E-state index contributed by atoms with van der Waals surface area (Å²) < 4.78 is 28.1. The highest BCUT2D eigenvalue weighted by Gasteiger charge is 2.31. The molecule has 0 spiro atoms. The number of aliphatic carboxylic acids is 1. The van der Waals surface area contributed by atoms with E-state index in [4.69, 9.17) is 5.11 Å². The average molecular weight is 264 g/mol. The van der Waals surface area contributed by atoms with Gasteiger partial charge in [0.15, 0.2) is 0 Å². The van der Waals surface area contributed by atoms with E-state index in [1.54, 1.807) is 0 Å². The third-order valence-corrected chi connectivity index (χ3v) is 3.98. The Labute approximate surface area is 102 Å². The molecule has 0 bridgehead atoms. The van der Waals surface area contributed by atoms with E-state index in [0.717, 1.165) is 0 Å². The lowest BCUT2D eigenvalue weighted by molar-refractivity contribution is -0.141. The van der Waals surface area contributed by atoms with E-state index in [0.29, 0.717) is 25.8 Å². The van der Waals surface area contributed by atoms with E-state index in [1.807, 2.05) is 13.8 Å². The minimum absolute atomic E-state index is 0.238. The maximum Gasteiger partial charge on any atom is 0.306 e. The van der Waals surface area contributed by atoms with Crippen LogP contribution in [0.1, 0.15) is 33.1 Å². The van der Waals surface area contributed by atoms with Gasteiger partial charge in [0.25, 0.3) is 10.2 Å². The third kappa shape index (κ3) is 5.01. The summed E-state index contributed by atoms with van der Waals surface area (Å²) in [6, 6.07) is -0.263. The maximum atomic E-state index is 11.6. The smallest absolute Gasteiger partial charge is 0.306 e. The number of nitrogens with one attached hydrogen (secondary N) is 2. The van der Waals surface area contributed by atoms with Crippen molar-refractivity contribution in [2.75, 3.05) is 6.54 Å². The highest BCUT2D eigenvalue weighted by atomic mass is 32.2. The van der Waals surface area contributed by atoms with Crippen LogP contribution >= 0.6 is 0 Å². The van der Waals surface area contributed by atoms with Crippen LogP contribution in [0, 0.1) is 11.8 Å². The summed E-state index contributed by atoms with van der Waals surface area (Å²) in [6.07, 6.45) is 1.49. The fourth-order valence-corrected chi connectivity index (χ4v) is 3.14. The van der Waals surface area contributed by atoms with Crippen molar-refractivity contribution in [1.82, 2.24) is 9.44 Å². The topological polar surface area (TPSA) is 95.5 Å². The van der Waals surface area contributed by atoms with Gasteiger partial charge >= 0.3 is 5.97 Å². The van der Waals surface area contributed by atoms with E-state index >= 15 is 0 Å². The first-order valence-electron chi connectivity index (χ1n) is 5.80. The molecule has 0 aromatic heterocycles. The molecule has 0 aromatic carbocycles. The average Bonchev–Trinajstić information content (AvgIpc) is 2.63. The molecule has 0 aromatic rings. The molecule has 1 aliphatic rings. The Hall–Kier alpha value is -0.660. The number of carboxylic acid groups (broad SMARTS) is 1. The number of carbonyl (C=O) groups is 1. The first kappa shape index (κ1) is 14.4. The lowest BCUT2D eigenvalue weighted by Crippen LogP contribution is -2.43. The van der Waals surface area contributed by atoms with E-state index in [-0.39, 0.29) is 12.0 Å². The summed E-state index contributed by atoms with van der Waals surface area (Å²) in [4.78, 5) is 10.7. The molecule has 7 heteroatoms. The number of carboxylic acids is 1. The molecule has 1 aliphatic carbocycles. The molecule has 1 saturated carbocycles. The van der Waals surface area contributed by atoms with Crippen LogP contribution in [0.25, 0.3) is 0 Å². The summed E-state index contributed by atoms with van der Waals surface area (Å²) in [6.45, 7) is 4.21. The molecule has 0 amide bonds. The van der Waals surface area contributed by atoms with Crippen LogP contribution in [0.4, 0.5) is 0 Å². The molecule has 0 saturated heterocycles. The molecule has 2 unspecified atom stereocenters. The van der Waals surface area contributed by atoms with Crippen molar-refractivity contribution < 1.29 is 18.3 Å². The lowest BCUT2D eigenvalue weighted by atomic mass is 10.1. The summed E-state index contributed by atoms with van der Waals surface area (Å²) in [5, 5.41) is 8.81. The Balaban J connectivity index is 2.42. The van der Waals surface area contributed by atoms with Crippen LogP contribution in [0.5, 0.6) is 0 Å². The van der Waals surface area contributed by atoms with Gasteiger partial charge in [0.1, 0.15) is 0 Å². The Kier molecular flexibility index (Phi) is 4.91. The van der Waals surface area contributed by atoms with Gasteiger partial charge < -0.3 is 5.11 Å². The molecular formula is C10H20N2O4S. The standard InChI is InChI=1S/C10H20N2O4S/c1-7(2)6-11-17(15,16)12-9-4-3-8(5-9)10(13)14/h7-9,11-12H,3-6H2,1-2H3,(H,13,14). The molecule has 3 N–H and O–H groups in total. The zero-order valence-corrected chi connectivity index (χ0v) is 11.0. The number of hydrogen-bond donors (Lipinski definition) is 3. The van der Waals surface area contributed by atoms with Crippen molar-refractivity contribution in [2.45, 2.75) is 39.2 Å². The van der Waals surface area contributed by atoms with Gasteiger partial charge in [-0.2, -0.15) is 13.1 Å². The summed E-state index contributed by atoms with van der Waals surface area (Å²) in [5.41, 5.74) is 0. The second-order valence-corrected chi connectivity index (χ2v) is 6.44. The second-order valence-electron chi connectivity index (χ2n) is 4.91. The molecule has 0 radical (unpaired) electrons. The van der Waals surface area contributed by atoms with Gasteiger partial charge in [0.2, 0.25) is 0 Å². The van der Waals surface area contributed by atoms with E-state index in [1.165, 1.54) is 0 Å². The predicted octanol–water partition coefficient (Wildman–Crippen LogP) is 0.320. The first-order chi connectivity index (χ1) is 7.80. The van der Waals surface area contributed by atoms with Gasteiger partial charge in [-0.15, -0.1) is 0 Å². The minimum Gasteiger partial charge on any atom is -0.481 e. The van der Waals surface area contributed by atoms with Gasteiger partial charge in [0.05, 0.1) is 5.92 Å². The monoisotopic (exact) mass is 264 g/mol. The van der Waals surface area contributed by atoms with E-state index in [2.05, 4.69) is 9.44 Å².